The molecular weight excluding hydrogens is 264 g/mol. The van der Waals surface area contributed by atoms with Crippen LogP contribution in [0.1, 0.15) is 13.8 Å². The molecule has 0 radical (unpaired) electrons. The summed E-state index contributed by atoms with van der Waals surface area (Å²) >= 11 is 0. The fourth-order valence-electron chi connectivity index (χ4n) is 1.10. The topological polar surface area (TPSA) is 71.1 Å². The van der Waals surface area contributed by atoms with Crippen molar-refractivity contribution in [2.75, 3.05) is 26.4 Å². The number of carbonyl (C=O) groups is 2. The molecule has 0 aliphatic heterocycles. The van der Waals surface area contributed by atoms with Gasteiger partial charge in [0.15, 0.2) is 0 Å². The van der Waals surface area contributed by atoms with E-state index in [-0.39, 0.29) is 32.0 Å². The highest BCUT2D eigenvalue weighted by atomic mass is 16.6. The van der Waals surface area contributed by atoms with Crippen LogP contribution in [0, 0.1) is 0 Å². The Balaban J connectivity index is 3.58. The molecule has 6 heteroatoms. The number of esters is 2. The van der Waals surface area contributed by atoms with Gasteiger partial charge in [0.1, 0.15) is 13.2 Å². The predicted molar refractivity (Wildman–Crippen MR) is 73.1 cm³/mol. The maximum absolute atomic E-state index is 10.8. The molecule has 2 atom stereocenters. The SMILES string of the molecule is C=CC(=O)OCCOC(C)COC(C)COC(=O)C=C. The molecule has 114 valence electrons. The van der Waals surface area contributed by atoms with E-state index >= 15 is 0 Å². The van der Waals surface area contributed by atoms with Crippen molar-refractivity contribution < 1.29 is 28.5 Å². The molecule has 0 aliphatic carbocycles. The lowest BCUT2D eigenvalue weighted by molar-refractivity contribution is -0.144. The summed E-state index contributed by atoms with van der Waals surface area (Å²) in [6.45, 7) is 11.2. The predicted octanol–water partition coefficient (Wildman–Crippen LogP) is 1.25. The highest BCUT2D eigenvalue weighted by Crippen LogP contribution is 1.98. The summed E-state index contributed by atoms with van der Waals surface area (Å²) in [6, 6.07) is 0. The third-order valence-corrected chi connectivity index (χ3v) is 2.14. The summed E-state index contributed by atoms with van der Waals surface area (Å²) < 4.78 is 20.4. The molecule has 0 aromatic rings. The lowest BCUT2D eigenvalue weighted by Crippen LogP contribution is -2.25. The summed E-state index contributed by atoms with van der Waals surface area (Å²) in [6.07, 6.45) is 1.81. The zero-order valence-corrected chi connectivity index (χ0v) is 12.0. The van der Waals surface area contributed by atoms with E-state index in [1.54, 1.807) is 6.92 Å². The molecule has 0 aliphatic rings. The molecule has 0 spiro atoms. The van der Waals surface area contributed by atoms with Gasteiger partial charge in [-0.2, -0.15) is 0 Å². The van der Waals surface area contributed by atoms with E-state index < -0.39 is 11.9 Å². The van der Waals surface area contributed by atoms with Gasteiger partial charge in [-0.25, -0.2) is 9.59 Å². The van der Waals surface area contributed by atoms with Gasteiger partial charge < -0.3 is 18.9 Å². The van der Waals surface area contributed by atoms with Crippen molar-refractivity contribution >= 4 is 11.9 Å². The summed E-state index contributed by atoms with van der Waals surface area (Å²) in [4.78, 5) is 21.6. The van der Waals surface area contributed by atoms with Crippen LogP contribution in [0.2, 0.25) is 0 Å². The first-order chi connectivity index (χ1) is 9.49. The third-order valence-electron chi connectivity index (χ3n) is 2.14. The summed E-state index contributed by atoms with van der Waals surface area (Å²) in [5, 5.41) is 0. The van der Waals surface area contributed by atoms with Crippen LogP contribution in [0.4, 0.5) is 0 Å². The van der Waals surface area contributed by atoms with Crippen molar-refractivity contribution in [3.63, 3.8) is 0 Å². The molecule has 6 nitrogen and oxygen atoms in total. The zero-order valence-electron chi connectivity index (χ0n) is 12.0. The Bertz CT molecular complexity index is 326. The average molecular weight is 286 g/mol. The fraction of sp³-hybridized carbons (Fsp3) is 0.571. The lowest BCUT2D eigenvalue weighted by Gasteiger charge is -2.17. The van der Waals surface area contributed by atoms with Crippen molar-refractivity contribution in [2.45, 2.75) is 26.1 Å². The van der Waals surface area contributed by atoms with E-state index in [2.05, 4.69) is 13.2 Å². The molecule has 0 saturated carbocycles. The third kappa shape index (κ3) is 10.3. The van der Waals surface area contributed by atoms with Gasteiger partial charge in [0.25, 0.3) is 0 Å². The Morgan fingerprint density at radius 2 is 1.45 bits per heavy atom. The number of rotatable bonds is 11. The Labute approximate surface area is 119 Å². The standard InChI is InChI=1S/C14H22O6/c1-5-13(15)18-8-7-17-11(3)9-19-12(4)10-20-14(16)6-2/h5-6,11-12H,1-2,7-10H2,3-4H3. The molecule has 0 heterocycles. The molecule has 0 aromatic heterocycles. The van der Waals surface area contributed by atoms with Crippen molar-refractivity contribution in [1.29, 1.82) is 0 Å². The highest BCUT2D eigenvalue weighted by Gasteiger charge is 2.09. The smallest absolute Gasteiger partial charge is 0.330 e. The Morgan fingerprint density at radius 3 is 2.05 bits per heavy atom. The first kappa shape index (κ1) is 18.3. The Hall–Kier alpha value is -1.66. The first-order valence-corrected chi connectivity index (χ1v) is 6.31. The van der Waals surface area contributed by atoms with E-state index in [1.807, 2.05) is 6.92 Å². The molecule has 0 aromatic carbocycles. The number of hydrogen-bond acceptors (Lipinski definition) is 6. The molecule has 0 saturated heterocycles. The molecule has 20 heavy (non-hydrogen) atoms. The average Bonchev–Trinajstić information content (AvgIpc) is 2.46. The largest absolute Gasteiger partial charge is 0.460 e. The van der Waals surface area contributed by atoms with Crippen LogP contribution in [0.15, 0.2) is 25.3 Å². The molecule has 2 unspecified atom stereocenters. The number of ether oxygens (including phenoxy) is 4. The van der Waals surface area contributed by atoms with E-state index in [0.717, 1.165) is 12.2 Å². The molecule has 0 amide bonds. The lowest BCUT2D eigenvalue weighted by atomic mass is 10.4. The van der Waals surface area contributed by atoms with Gasteiger partial charge >= 0.3 is 11.9 Å². The first-order valence-electron chi connectivity index (χ1n) is 6.31. The molecular formula is C14H22O6. The van der Waals surface area contributed by atoms with Crippen molar-refractivity contribution in [2.24, 2.45) is 0 Å². The molecule has 0 bridgehead atoms. The monoisotopic (exact) mass is 286 g/mol. The normalized spacial score (nSPS) is 13.1. The minimum absolute atomic E-state index is 0.157. The van der Waals surface area contributed by atoms with Crippen LogP contribution in [0.3, 0.4) is 0 Å². The second kappa shape index (κ2) is 11.2. The number of hydrogen-bond donors (Lipinski definition) is 0. The van der Waals surface area contributed by atoms with E-state index in [0.29, 0.717) is 6.61 Å². The summed E-state index contributed by atoms with van der Waals surface area (Å²) in [5.74, 6) is -0.955. The Morgan fingerprint density at radius 1 is 0.900 bits per heavy atom. The van der Waals surface area contributed by atoms with Crippen LogP contribution < -0.4 is 0 Å². The zero-order chi connectivity index (χ0) is 15.4. The minimum atomic E-state index is -0.478. The van der Waals surface area contributed by atoms with Gasteiger partial charge in [-0.15, -0.1) is 0 Å². The van der Waals surface area contributed by atoms with E-state index in [1.165, 1.54) is 0 Å². The van der Waals surface area contributed by atoms with Crippen molar-refractivity contribution in [3.8, 4) is 0 Å². The van der Waals surface area contributed by atoms with Crippen LogP contribution >= 0.6 is 0 Å². The molecule has 0 N–H and O–H groups in total. The van der Waals surface area contributed by atoms with Gasteiger partial charge in [-0.1, -0.05) is 13.2 Å². The maximum atomic E-state index is 10.8. The highest BCUT2D eigenvalue weighted by molar-refractivity contribution is 5.81. The van der Waals surface area contributed by atoms with E-state index in [9.17, 15) is 9.59 Å². The minimum Gasteiger partial charge on any atom is -0.460 e. The number of carbonyl (C=O) groups excluding carboxylic acids is 2. The summed E-state index contributed by atoms with van der Waals surface area (Å²) in [7, 11) is 0. The quantitative estimate of drug-likeness (QED) is 0.323. The summed E-state index contributed by atoms with van der Waals surface area (Å²) in [5.41, 5.74) is 0. The van der Waals surface area contributed by atoms with Gasteiger partial charge in [-0.05, 0) is 13.8 Å². The van der Waals surface area contributed by atoms with Gasteiger partial charge in [0.2, 0.25) is 0 Å². The van der Waals surface area contributed by atoms with Crippen LogP contribution in [0.25, 0.3) is 0 Å². The van der Waals surface area contributed by atoms with Crippen molar-refractivity contribution in [1.82, 2.24) is 0 Å². The van der Waals surface area contributed by atoms with Gasteiger partial charge in [0.05, 0.1) is 25.4 Å². The fourth-order valence-corrected chi connectivity index (χ4v) is 1.10. The van der Waals surface area contributed by atoms with Crippen LogP contribution in [-0.4, -0.2) is 50.6 Å². The van der Waals surface area contributed by atoms with Crippen molar-refractivity contribution in [3.05, 3.63) is 25.3 Å². The van der Waals surface area contributed by atoms with Gasteiger partial charge in [0, 0.05) is 12.2 Å². The van der Waals surface area contributed by atoms with Crippen LogP contribution in [0.5, 0.6) is 0 Å². The molecule has 0 fully saturated rings. The van der Waals surface area contributed by atoms with Crippen LogP contribution in [-0.2, 0) is 28.5 Å². The molecule has 0 rings (SSSR count). The maximum Gasteiger partial charge on any atom is 0.330 e. The Kier molecular flexibility index (Phi) is 10.3. The second-order valence-electron chi connectivity index (χ2n) is 4.03. The van der Waals surface area contributed by atoms with E-state index in [4.69, 9.17) is 18.9 Å². The second-order valence-corrected chi connectivity index (χ2v) is 4.03. The van der Waals surface area contributed by atoms with Gasteiger partial charge in [-0.3, -0.25) is 0 Å².